The molecule has 3 N–H and O–H groups in total. The minimum absolute atomic E-state index is 0.662. The van der Waals surface area contributed by atoms with Crippen molar-refractivity contribution >= 4 is 5.69 Å². The second-order valence-electron chi connectivity index (χ2n) is 4.36. The molecule has 3 nitrogen and oxygen atoms in total. The molecule has 100 valence electrons. The Morgan fingerprint density at radius 3 is 2.63 bits per heavy atom. The summed E-state index contributed by atoms with van der Waals surface area (Å²) in [4.78, 5) is 0. The highest BCUT2D eigenvalue weighted by Crippen LogP contribution is 2.15. The average Bonchev–Trinajstić information content (AvgIpc) is 2.47. The SMILES string of the molecule is NCCCOc1cccc(CNc2ccccc2)c1. The molecule has 0 fully saturated rings. The van der Waals surface area contributed by atoms with Crippen LogP contribution >= 0.6 is 0 Å². The molecular weight excluding hydrogens is 236 g/mol. The van der Waals surface area contributed by atoms with Gasteiger partial charge in [-0.2, -0.15) is 0 Å². The van der Waals surface area contributed by atoms with Crippen molar-refractivity contribution in [1.29, 1.82) is 0 Å². The fourth-order valence-electron chi connectivity index (χ4n) is 1.78. The summed E-state index contributed by atoms with van der Waals surface area (Å²) in [6, 6.07) is 18.3. The zero-order valence-corrected chi connectivity index (χ0v) is 11.0. The molecule has 0 bridgehead atoms. The minimum atomic E-state index is 0.662. The van der Waals surface area contributed by atoms with Gasteiger partial charge in [0.25, 0.3) is 0 Å². The normalized spacial score (nSPS) is 10.2. The molecule has 0 aliphatic heterocycles. The van der Waals surface area contributed by atoms with Gasteiger partial charge in [-0.1, -0.05) is 30.3 Å². The van der Waals surface area contributed by atoms with Crippen molar-refractivity contribution in [3.05, 3.63) is 60.2 Å². The summed E-state index contributed by atoms with van der Waals surface area (Å²) in [6.45, 7) is 2.12. The number of ether oxygens (including phenoxy) is 1. The lowest BCUT2D eigenvalue weighted by atomic mass is 10.2. The van der Waals surface area contributed by atoms with E-state index in [0.29, 0.717) is 13.2 Å². The van der Waals surface area contributed by atoms with Gasteiger partial charge in [0, 0.05) is 12.2 Å². The molecule has 0 unspecified atom stereocenters. The smallest absolute Gasteiger partial charge is 0.119 e. The van der Waals surface area contributed by atoms with Crippen LogP contribution in [0.25, 0.3) is 0 Å². The highest BCUT2D eigenvalue weighted by Gasteiger charge is 1.97. The van der Waals surface area contributed by atoms with E-state index < -0.39 is 0 Å². The first-order valence-electron chi connectivity index (χ1n) is 6.59. The Kier molecular flexibility index (Phi) is 5.26. The summed E-state index contributed by atoms with van der Waals surface area (Å²) in [7, 11) is 0. The van der Waals surface area contributed by atoms with Crippen molar-refractivity contribution in [2.75, 3.05) is 18.5 Å². The second kappa shape index (κ2) is 7.44. The number of rotatable bonds is 7. The van der Waals surface area contributed by atoms with Gasteiger partial charge in [0.05, 0.1) is 6.61 Å². The Hall–Kier alpha value is -2.00. The molecule has 0 saturated heterocycles. The van der Waals surface area contributed by atoms with Crippen molar-refractivity contribution in [2.45, 2.75) is 13.0 Å². The zero-order chi connectivity index (χ0) is 13.3. The molecule has 2 aromatic rings. The molecule has 0 spiro atoms. The van der Waals surface area contributed by atoms with Gasteiger partial charge < -0.3 is 15.8 Å². The molecule has 0 aliphatic carbocycles. The summed E-state index contributed by atoms with van der Waals surface area (Å²) in [5.74, 6) is 0.904. The molecular formula is C16H20N2O. The largest absolute Gasteiger partial charge is 0.494 e. The zero-order valence-electron chi connectivity index (χ0n) is 11.0. The number of benzene rings is 2. The van der Waals surface area contributed by atoms with Crippen molar-refractivity contribution in [2.24, 2.45) is 5.73 Å². The highest BCUT2D eigenvalue weighted by atomic mass is 16.5. The quantitative estimate of drug-likeness (QED) is 0.749. The Morgan fingerprint density at radius 1 is 1.00 bits per heavy atom. The topological polar surface area (TPSA) is 47.3 Å². The van der Waals surface area contributed by atoms with E-state index in [-0.39, 0.29) is 0 Å². The van der Waals surface area contributed by atoms with E-state index in [1.54, 1.807) is 0 Å². The number of hydrogen-bond acceptors (Lipinski definition) is 3. The van der Waals surface area contributed by atoms with Crippen molar-refractivity contribution in [3.8, 4) is 5.75 Å². The van der Waals surface area contributed by atoms with E-state index >= 15 is 0 Å². The number of anilines is 1. The van der Waals surface area contributed by atoms with Crippen LogP contribution in [0, 0.1) is 0 Å². The van der Waals surface area contributed by atoms with Gasteiger partial charge in [-0.3, -0.25) is 0 Å². The molecule has 0 atom stereocenters. The van der Waals surface area contributed by atoms with Gasteiger partial charge in [0.2, 0.25) is 0 Å². The first-order valence-corrected chi connectivity index (χ1v) is 6.59. The number of para-hydroxylation sites is 1. The standard InChI is InChI=1S/C16H20N2O/c17-10-5-11-19-16-9-4-6-14(12-16)13-18-15-7-2-1-3-8-15/h1-4,6-9,12,18H,5,10-11,13,17H2. The van der Waals surface area contributed by atoms with Gasteiger partial charge in [0.1, 0.15) is 5.75 Å². The molecule has 0 radical (unpaired) electrons. The Bertz CT molecular complexity index is 485. The average molecular weight is 256 g/mol. The number of nitrogens with one attached hydrogen (secondary N) is 1. The van der Waals surface area contributed by atoms with Crippen LogP contribution in [0.3, 0.4) is 0 Å². The fraction of sp³-hybridized carbons (Fsp3) is 0.250. The predicted octanol–water partition coefficient (Wildman–Crippen LogP) is 3.03. The van der Waals surface area contributed by atoms with E-state index in [1.807, 2.05) is 30.3 Å². The van der Waals surface area contributed by atoms with Crippen LogP contribution in [-0.4, -0.2) is 13.2 Å². The van der Waals surface area contributed by atoms with Crippen LogP contribution < -0.4 is 15.8 Å². The maximum absolute atomic E-state index is 5.63. The monoisotopic (exact) mass is 256 g/mol. The number of hydrogen-bond donors (Lipinski definition) is 2. The first-order chi connectivity index (χ1) is 9.38. The van der Waals surface area contributed by atoms with Crippen LogP contribution in [0.15, 0.2) is 54.6 Å². The highest BCUT2D eigenvalue weighted by molar-refractivity contribution is 5.43. The Balaban J connectivity index is 1.88. The molecule has 0 aromatic heterocycles. The van der Waals surface area contributed by atoms with Crippen LogP contribution in [0.4, 0.5) is 5.69 Å². The van der Waals surface area contributed by atoms with E-state index in [2.05, 4.69) is 29.6 Å². The summed E-state index contributed by atoms with van der Waals surface area (Å²) in [6.07, 6.45) is 0.881. The molecule has 19 heavy (non-hydrogen) atoms. The van der Waals surface area contributed by atoms with Gasteiger partial charge in [-0.15, -0.1) is 0 Å². The van der Waals surface area contributed by atoms with E-state index in [9.17, 15) is 0 Å². The minimum Gasteiger partial charge on any atom is -0.494 e. The van der Waals surface area contributed by atoms with Crippen LogP contribution in [0.2, 0.25) is 0 Å². The van der Waals surface area contributed by atoms with Gasteiger partial charge in [-0.05, 0) is 42.8 Å². The lowest BCUT2D eigenvalue weighted by molar-refractivity contribution is 0.313. The van der Waals surface area contributed by atoms with E-state index in [1.165, 1.54) is 5.56 Å². The van der Waals surface area contributed by atoms with Crippen LogP contribution in [0.1, 0.15) is 12.0 Å². The van der Waals surface area contributed by atoms with Gasteiger partial charge in [-0.25, -0.2) is 0 Å². The first kappa shape index (κ1) is 13.4. The summed E-state index contributed by atoms with van der Waals surface area (Å²) < 4.78 is 5.63. The molecule has 3 heteroatoms. The fourth-order valence-corrected chi connectivity index (χ4v) is 1.78. The summed E-state index contributed by atoms with van der Waals surface area (Å²) >= 11 is 0. The Labute approximate surface area is 114 Å². The molecule has 0 saturated carbocycles. The van der Waals surface area contributed by atoms with E-state index in [0.717, 1.165) is 24.4 Å². The third kappa shape index (κ3) is 4.64. The summed E-state index contributed by atoms with van der Waals surface area (Å²) in [5.41, 5.74) is 7.77. The Morgan fingerprint density at radius 2 is 1.84 bits per heavy atom. The van der Waals surface area contributed by atoms with Gasteiger partial charge in [0.15, 0.2) is 0 Å². The predicted molar refractivity (Wildman–Crippen MR) is 79.4 cm³/mol. The maximum atomic E-state index is 5.63. The van der Waals surface area contributed by atoms with Gasteiger partial charge >= 0.3 is 0 Å². The molecule has 0 heterocycles. The maximum Gasteiger partial charge on any atom is 0.119 e. The van der Waals surface area contributed by atoms with E-state index in [4.69, 9.17) is 10.5 Å². The van der Waals surface area contributed by atoms with Crippen LogP contribution in [-0.2, 0) is 6.54 Å². The summed E-state index contributed by atoms with van der Waals surface area (Å²) in [5, 5.41) is 3.38. The van der Waals surface area contributed by atoms with Crippen LogP contribution in [0.5, 0.6) is 5.75 Å². The third-order valence-electron chi connectivity index (χ3n) is 2.79. The second-order valence-corrected chi connectivity index (χ2v) is 4.36. The molecule has 2 rings (SSSR count). The van der Waals surface area contributed by atoms with Crippen molar-refractivity contribution < 1.29 is 4.74 Å². The van der Waals surface area contributed by atoms with Crippen molar-refractivity contribution in [3.63, 3.8) is 0 Å². The molecule has 0 aliphatic rings. The lowest BCUT2D eigenvalue weighted by Crippen LogP contribution is -2.06. The number of nitrogens with two attached hydrogens (primary N) is 1. The lowest BCUT2D eigenvalue weighted by Gasteiger charge is -2.09. The third-order valence-corrected chi connectivity index (χ3v) is 2.79. The molecule has 2 aromatic carbocycles. The molecule has 0 amide bonds. The van der Waals surface area contributed by atoms with Crippen molar-refractivity contribution in [1.82, 2.24) is 0 Å².